The first-order valence-corrected chi connectivity index (χ1v) is 6.98. The molecule has 0 N–H and O–H groups in total. The summed E-state index contributed by atoms with van der Waals surface area (Å²) in [4.78, 5) is 0. The molecule has 0 aliphatic heterocycles. The molecule has 0 atom stereocenters. The first kappa shape index (κ1) is 15.5. The quantitative estimate of drug-likeness (QED) is 0.548. The lowest BCUT2D eigenvalue weighted by molar-refractivity contribution is 0.523. The van der Waals surface area contributed by atoms with Crippen LogP contribution in [0.25, 0.3) is 0 Å². The SMILES string of the molecule is C=C/C=C(/C)C(C)(C)/C1=C(C)/C=C\C/C=C\C=C/C1. The van der Waals surface area contributed by atoms with Gasteiger partial charge in [0.1, 0.15) is 0 Å². The van der Waals surface area contributed by atoms with Crippen molar-refractivity contribution in [1.82, 2.24) is 0 Å². The smallest absolute Gasteiger partial charge is 0.00731 e. The van der Waals surface area contributed by atoms with E-state index in [1.54, 1.807) is 0 Å². The van der Waals surface area contributed by atoms with Gasteiger partial charge in [-0.1, -0.05) is 85.8 Å². The summed E-state index contributed by atoms with van der Waals surface area (Å²) in [6, 6.07) is 0. The van der Waals surface area contributed by atoms with Gasteiger partial charge in [-0.15, -0.1) is 0 Å². The van der Waals surface area contributed by atoms with Gasteiger partial charge in [0.2, 0.25) is 0 Å². The van der Waals surface area contributed by atoms with Gasteiger partial charge < -0.3 is 0 Å². The number of hydrogen-bond donors (Lipinski definition) is 0. The average Bonchev–Trinajstić information content (AvgIpc) is 2.37. The monoisotopic (exact) mass is 254 g/mol. The van der Waals surface area contributed by atoms with Gasteiger partial charge in [0.05, 0.1) is 0 Å². The Kier molecular flexibility index (Phi) is 5.82. The molecule has 0 saturated heterocycles. The van der Waals surface area contributed by atoms with Gasteiger partial charge in [-0.05, 0) is 26.7 Å². The highest BCUT2D eigenvalue weighted by Crippen LogP contribution is 2.39. The van der Waals surface area contributed by atoms with Crippen LogP contribution in [0.15, 0.2) is 71.9 Å². The van der Waals surface area contributed by atoms with Crippen molar-refractivity contribution in [2.24, 2.45) is 5.41 Å². The molecule has 0 heterocycles. The Bertz CT molecular complexity index is 462. The van der Waals surface area contributed by atoms with E-state index in [1.807, 2.05) is 6.08 Å². The lowest BCUT2D eigenvalue weighted by atomic mass is 9.74. The van der Waals surface area contributed by atoms with Crippen molar-refractivity contribution in [3.05, 3.63) is 71.9 Å². The molecule has 1 rings (SSSR count). The second kappa shape index (κ2) is 7.13. The Hall–Kier alpha value is -1.56. The minimum atomic E-state index is 0.0653. The Morgan fingerprint density at radius 2 is 1.89 bits per heavy atom. The topological polar surface area (TPSA) is 0 Å². The van der Waals surface area contributed by atoms with Gasteiger partial charge in [0, 0.05) is 5.41 Å². The summed E-state index contributed by atoms with van der Waals surface area (Å²) in [6.07, 6.45) is 19.2. The van der Waals surface area contributed by atoms with Crippen LogP contribution in [-0.4, -0.2) is 0 Å². The van der Waals surface area contributed by atoms with Crippen molar-refractivity contribution in [2.75, 3.05) is 0 Å². The van der Waals surface area contributed by atoms with Crippen LogP contribution in [0.1, 0.15) is 40.5 Å². The molecule has 102 valence electrons. The van der Waals surface area contributed by atoms with Crippen LogP contribution in [0.5, 0.6) is 0 Å². The molecule has 0 nitrogen and oxygen atoms in total. The number of rotatable bonds is 3. The third-order valence-corrected chi connectivity index (χ3v) is 3.93. The van der Waals surface area contributed by atoms with Gasteiger partial charge in [0.15, 0.2) is 0 Å². The molecule has 0 bridgehead atoms. The van der Waals surface area contributed by atoms with E-state index in [4.69, 9.17) is 0 Å². The largest absolute Gasteiger partial charge is 0.0991 e. The molecule has 0 unspecified atom stereocenters. The van der Waals surface area contributed by atoms with E-state index in [2.05, 4.69) is 76.8 Å². The molecule has 0 amide bonds. The van der Waals surface area contributed by atoms with Gasteiger partial charge in [0.25, 0.3) is 0 Å². The molecule has 1 aliphatic rings. The van der Waals surface area contributed by atoms with E-state index >= 15 is 0 Å². The summed E-state index contributed by atoms with van der Waals surface area (Å²) >= 11 is 0. The summed E-state index contributed by atoms with van der Waals surface area (Å²) < 4.78 is 0. The molecule has 0 radical (unpaired) electrons. The summed E-state index contributed by atoms with van der Waals surface area (Å²) in [7, 11) is 0. The lowest BCUT2D eigenvalue weighted by Gasteiger charge is -2.31. The molecule has 0 heteroatoms. The normalized spacial score (nSPS) is 26.6. The second-order valence-electron chi connectivity index (χ2n) is 5.57. The maximum absolute atomic E-state index is 3.81. The molecular weight excluding hydrogens is 228 g/mol. The fraction of sp³-hybridized carbons (Fsp3) is 0.368. The van der Waals surface area contributed by atoms with Gasteiger partial charge in [-0.25, -0.2) is 0 Å². The molecule has 1 aliphatic carbocycles. The zero-order valence-corrected chi connectivity index (χ0v) is 12.7. The minimum Gasteiger partial charge on any atom is -0.0991 e. The van der Waals surface area contributed by atoms with Crippen molar-refractivity contribution in [3.63, 3.8) is 0 Å². The summed E-state index contributed by atoms with van der Waals surface area (Å²) in [6.45, 7) is 12.8. The van der Waals surface area contributed by atoms with Crippen LogP contribution < -0.4 is 0 Å². The molecule has 0 fully saturated rings. The third-order valence-electron chi connectivity index (χ3n) is 3.93. The zero-order chi connectivity index (χ0) is 14.3. The Balaban J connectivity index is 3.21. The standard InChI is InChI=1S/C19H26/c1-6-13-17(3)19(4,5)18-15-12-10-8-7-9-11-14-16(18)2/h6-8,10-14H,1,9,15H2,2-5H3/b8-7-,12-10-,14-11-,17-13-,18-16+. The van der Waals surface area contributed by atoms with E-state index < -0.39 is 0 Å². The van der Waals surface area contributed by atoms with E-state index in [0.29, 0.717) is 0 Å². The molecule has 0 saturated carbocycles. The van der Waals surface area contributed by atoms with Crippen molar-refractivity contribution < 1.29 is 0 Å². The number of hydrogen-bond acceptors (Lipinski definition) is 0. The van der Waals surface area contributed by atoms with E-state index in [0.717, 1.165) is 12.8 Å². The lowest BCUT2D eigenvalue weighted by Crippen LogP contribution is -2.17. The average molecular weight is 254 g/mol. The van der Waals surface area contributed by atoms with Crippen molar-refractivity contribution in [2.45, 2.75) is 40.5 Å². The van der Waals surface area contributed by atoms with Crippen LogP contribution in [0.4, 0.5) is 0 Å². The Labute approximate surface area is 118 Å². The fourth-order valence-corrected chi connectivity index (χ4v) is 2.38. The van der Waals surface area contributed by atoms with Crippen LogP contribution in [-0.2, 0) is 0 Å². The molecule has 0 aromatic heterocycles. The highest BCUT2D eigenvalue weighted by molar-refractivity contribution is 5.37. The molecule has 0 spiro atoms. The predicted octanol–water partition coefficient (Wildman–Crippen LogP) is 5.92. The van der Waals surface area contributed by atoms with E-state index in [9.17, 15) is 0 Å². The van der Waals surface area contributed by atoms with E-state index in [-0.39, 0.29) is 5.41 Å². The molecule has 19 heavy (non-hydrogen) atoms. The number of allylic oxidation sites excluding steroid dienone is 11. The predicted molar refractivity (Wildman–Crippen MR) is 87.1 cm³/mol. The van der Waals surface area contributed by atoms with Crippen LogP contribution in [0.2, 0.25) is 0 Å². The first-order valence-electron chi connectivity index (χ1n) is 6.98. The minimum absolute atomic E-state index is 0.0653. The highest BCUT2D eigenvalue weighted by atomic mass is 14.3. The summed E-state index contributed by atoms with van der Waals surface area (Å²) in [5, 5.41) is 0. The van der Waals surface area contributed by atoms with Crippen LogP contribution in [0.3, 0.4) is 0 Å². The molecule has 0 aromatic rings. The first-order chi connectivity index (χ1) is 9.00. The van der Waals surface area contributed by atoms with E-state index in [1.165, 1.54) is 16.7 Å². The van der Waals surface area contributed by atoms with Gasteiger partial charge >= 0.3 is 0 Å². The maximum Gasteiger partial charge on any atom is 0.00731 e. The second-order valence-corrected chi connectivity index (χ2v) is 5.57. The van der Waals surface area contributed by atoms with Crippen molar-refractivity contribution >= 4 is 0 Å². The molecule has 0 aromatic carbocycles. The summed E-state index contributed by atoms with van der Waals surface area (Å²) in [5.74, 6) is 0. The molecular formula is C19H26. The Morgan fingerprint density at radius 3 is 2.58 bits per heavy atom. The fourth-order valence-electron chi connectivity index (χ4n) is 2.38. The third kappa shape index (κ3) is 4.24. The Morgan fingerprint density at radius 1 is 1.21 bits per heavy atom. The highest BCUT2D eigenvalue weighted by Gasteiger charge is 2.25. The van der Waals surface area contributed by atoms with Crippen LogP contribution in [0, 0.1) is 5.41 Å². The van der Waals surface area contributed by atoms with Crippen molar-refractivity contribution in [3.8, 4) is 0 Å². The van der Waals surface area contributed by atoms with Gasteiger partial charge in [-0.3, -0.25) is 0 Å². The maximum atomic E-state index is 3.81. The zero-order valence-electron chi connectivity index (χ0n) is 12.7. The van der Waals surface area contributed by atoms with Crippen molar-refractivity contribution in [1.29, 1.82) is 0 Å². The van der Waals surface area contributed by atoms with Gasteiger partial charge in [-0.2, -0.15) is 0 Å². The summed E-state index contributed by atoms with van der Waals surface area (Å²) in [5.41, 5.74) is 4.27. The van der Waals surface area contributed by atoms with Crippen LogP contribution >= 0.6 is 0 Å².